The van der Waals surface area contributed by atoms with Crippen LogP contribution in [0.2, 0.25) is 0 Å². The molecule has 104 valence electrons. The molecule has 1 aromatic heterocycles. The minimum Gasteiger partial charge on any atom is -0.381 e. The van der Waals surface area contributed by atoms with E-state index in [0.29, 0.717) is 10.8 Å². The van der Waals surface area contributed by atoms with Crippen LogP contribution in [0.25, 0.3) is 0 Å². The van der Waals surface area contributed by atoms with Crippen molar-refractivity contribution in [3.8, 4) is 0 Å². The zero-order chi connectivity index (χ0) is 14.4. The van der Waals surface area contributed by atoms with Gasteiger partial charge in [0.25, 0.3) is 0 Å². The van der Waals surface area contributed by atoms with E-state index in [0.717, 1.165) is 0 Å². The number of amides is 1. The number of carbonyl (C=O) groups is 2. The molecule has 1 rings (SSSR count). The number of nitrogens with zero attached hydrogens (tertiary/aromatic N) is 2. The first-order valence-corrected chi connectivity index (χ1v) is 6.89. The van der Waals surface area contributed by atoms with Crippen molar-refractivity contribution >= 4 is 29.3 Å². The van der Waals surface area contributed by atoms with Gasteiger partial charge in [-0.3, -0.25) is 9.59 Å². The topological polar surface area (TPSA) is 98.0 Å². The number of thioether (sulfide) groups is 1. The van der Waals surface area contributed by atoms with Gasteiger partial charge in [0.1, 0.15) is 5.03 Å². The number of aromatic nitrogens is 2. The van der Waals surface area contributed by atoms with Gasteiger partial charge in [-0.15, -0.1) is 0 Å². The highest BCUT2D eigenvalue weighted by molar-refractivity contribution is 8.00. The average Bonchev–Trinajstić information content (AvgIpc) is 2.34. The number of anilines is 1. The summed E-state index contributed by atoms with van der Waals surface area (Å²) in [6, 6.07) is -0.452. The molecule has 0 aliphatic carbocycles. The molecule has 0 aliphatic heterocycles. The lowest BCUT2D eigenvalue weighted by atomic mass is 10.0. The fourth-order valence-corrected chi connectivity index (χ4v) is 2.22. The van der Waals surface area contributed by atoms with Crippen LogP contribution in [0, 0.1) is 5.92 Å². The first-order valence-electron chi connectivity index (χ1n) is 5.91. The van der Waals surface area contributed by atoms with Crippen molar-refractivity contribution in [1.29, 1.82) is 0 Å². The summed E-state index contributed by atoms with van der Waals surface area (Å²) >= 11 is 1.20. The first kappa shape index (κ1) is 15.4. The van der Waals surface area contributed by atoms with Crippen LogP contribution in [0.1, 0.15) is 20.8 Å². The van der Waals surface area contributed by atoms with Gasteiger partial charge in [-0.25, -0.2) is 9.97 Å². The summed E-state index contributed by atoms with van der Waals surface area (Å²) in [5.74, 6) is 0.246. The third-order valence-corrected chi connectivity index (χ3v) is 3.45. The fraction of sp³-hybridized carbons (Fsp3) is 0.500. The standard InChI is InChI=1S/C12H18N4O2S/c1-7(2)10(8(3)17)16-9(18)6-19-12-11(13)14-4-5-15-12/h4-5,7,10H,6H2,1-3H3,(H2,13,14)(H,16,18). The second-order valence-electron chi connectivity index (χ2n) is 4.44. The molecule has 0 radical (unpaired) electrons. The van der Waals surface area contributed by atoms with Gasteiger partial charge in [0, 0.05) is 12.4 Å². The number of nitrogen functional groups attached to an aromatic ring is 1. The summed E-state index contributed by atoms with van der Waals surface area (Å²) in [7, 11) is 0. The Bertz CT molecular complexity index is 465. The Labute approximate surface area is 116 Å². The van der Waals surface area contributed by atoms with Crippen LogP contribution < -0.4 is 11.1 Å². The molecule has 0 saturated heterocycles. The first-order chi connectivity index (χ1) is 8.91. The maximum Gasteiger partial charge on any atom is 0.231 e. The lowest BCUT2D eigenvalue weighted by Gasteiger charge is -2.19. The van der Waals surface area contributed by atoms with Crippen molar-refractivity contribution < 1.29 is 9.59 Å². The molecule has 1 atom stereocenters. The Balaban J connectivity index is 2.52. The molecule has 7 heteroatoms. The average molecular weight is 282 g/mol. The van der Waals surface area contributed by atoms with E-state index in [1.165, 1.54) is 31.1 Å². The van der Waals surface area contributed by atoms with Gasteiger partial charge in [0.15, 0.2) is 11.6 Å². The van der Waals surface area contributed by atoms with Crippen LogP contribution >= 0.6 is 11.8 Å². The number of ketones is 1. The molecule has 19 heavy (non-hydrogen) atoms. The molecule has 0 aromatic carbocycles. The van der Waals surface area contributed by atoms with Crippen LogP contribution in [0.15, 0.2) is 17.4 Å². The quantitative estimate of drug-likeness (QED) is 0.752. The monoisotopic (exact) mass is 282 g/mol. The highest BCUT2D eigenvalue weighted by Crippen LogP contribution is 2.19. The third kappa shape index (κ3) is 4.86. The van der Waals surface area contributed by atoms with Crippen LogP contribution in [0.5, 0.6) is 0 Å². The zero-order valence-corrected chi connectivity index (χ0v) is 12.0. The molecule has 3 N–H and O–H groups in total. The van der Waals surface area contributed by atoms with Crippen molar-refractivity contribution in [2.24, 2.45) is 5.92 Å². The largest absolute Gasteiger partial charge is 0.381 e. The molecular weight excluding hydrogens is 264 g/mol. The van der Waals surface area contributed by atoms with Gasteiger partial charge in [-0.1, -0.05) is 25.6 Å². The van der Waals surface area contributed by atoms with Gasteiger partial charge in [-0.2, -0.15) is 0 Å². The fourth-order valence-electron chi connectivity index (χ4n) is 1.53. The molecule has 1 aromatic rings. The van der Waals surface area contributed by atoms with Crippen molar-refractivity contribution in [3.63, 3.8) is 0 Å². The summed E-state index contributed by atoms with van der Waals surface area (Å²) in [5, 5.41) is 3.22. The van der Waals surface area contributed by atoms with E-state index >= 15 is 0 Å². The molecule has 0 aliphatic rings. The van der Waals surface area contributed by atoms with Crippen LogP contribution in [0.3, 0.4) is 0 Å². The third-order valence-electron chi connectivity index (χ3n) is 2.45. The Morgan fingerprint density at radius 1 is 1.37 bits per heavy atom. The normalized spacial score (nSPS) is 12.2. The maximum atomic E-state index is 11.8. The van der Waals surface area contributed by atoms with Gasteiger partial charge in [0.05, 0.1) is 11.8 Å². The number of Topliss-reactive ketones (excluding diaryl/α,β-unsaturated/α-hetero) is 1. The predicted molar refractivity (Wildman–Crippen MR) is 74.6 cm³/mol. The summed E-state index contributed by atoms with van der Waals surface area (Å²) in [6.45, 7) is 5.25. The number of nitrogens with one attached hydrogen (secondary N) is 1. The van der Waals surface area contributed by atoms with Gasteiger partial charge < -0.3 is 11.1 Å². The Kier molecular flexibility index (Phi) is 5.75. The zero-order valence-electron chi connectivity index (χ0n) is 11.2. The van der Waals surface area contributed by atoms with E-state index < -0.39 is 6.04 Å². The van der Waals surface area contributed by atoms with Crippen LogP contribution in [-0.2, 0) is 9.59 Å². The number of carbonyl (C=O) groups excluding carboxylic acids is 2. The Morgan fingerprint density at radius 3 is 2.53 bits per heavy atom. The molecule has 1 amide bonds. The van der Waals surface area contributed by atoms with Crippen molar-refractivity contribution in [2.45, 2.75) is 31.8 Å². The van der Waals surface area contributed by atoms with Gasteiger partial charge in [0.2, 0.25) is 5.91 Å². The molecular formula is C12H18N4O2S. The lowest BCUT2D eigenvalue weighted by Crippen LogP contribution is -2.44. The maximum absolute atomic E-state index is 11.8. The molecule has 6 nitrogen and oxygen atoms in total. The Hall–Kier alpha value is -1.63. The SMILES string of the molecule is CC(=O)C(NC(=O)CSc1nccnc1N)C(C)C. The minimum absolute atomic E-state index is 0.0487. The molecule has 0 bridgehead atoms. The molecule has 0 spiro atoms. The van der Waals surface area contributed by atoms with Gasteiger partial charge >= 0.3 is 0 Å². The van der Waals surface area contributed by atoms with E-state index in [-0.39, 0.29) is 23.4 Å². The second-order valence-corrected chi connectivity index (χ2v) is 5.40. The van der Waals surface area contributed by atoms with Crippen LogP contribution in [-0.4, -0.2) is 33.5 Å². The van der Waals surface area contributed by atoms with Gasteiger partial charge in [-0.05, 0) is 12.8 Å². The summed E-state index contributed by atoms with van der Waals surface area (Å²) in [6.07, 6.45) is 3.01. The minimum atomic E-state index is -0.452. The lowest BCUT2D eigenvalue weighted by molar-refractivity contribution is -0.126. The molecule has 0 fully saturated rings. The molecule has 0 saturated carbocycles. The van der Waals surface area contributed by atoms with E-state index in [9.17, 15) is 9.59 Å². The predicted octanol–water partition coefficient (Wildman–Crippen LogP) is 0.881. The highest BCUT2D eigenvalue weighted by atomic mass is 32.2. The highest BCUT2D eigenvalue weighted by Gasteiger charge is 2.20. The number of hydrogen-bond acceptors (Lipinski definition) is 6. The van der Waals surface area contributed by atoms with E-state index in [1.54, 1.807) is 0 Å². The summed E-state index contributed by atoms with van der Waals surface area (Å²) in [4.78, 5) is 31.1. The second kappa shape index (κ2) is 7.08. The number of hydrogen-bond donors (Lipinski definition) is 2. The molecule has 1 unspecified atom stereocenters. The smallest absolute Gasteiger partial charge is 0.231 e. The Morgan fingerprint density at radius 2 is 2.00 bits per heavy atom. The molecule has 1 heterocycles. The van der Waals surface area contributed by atoms with E-state index in [2.05, 4.69) is 15.3 Å². The van der Waals surface area contributed by atoms with Crippen molar-refractivity contribution in [2.75, 3.05) is 11.5 Å². The summed E-state index contributed by atoms with van der Waals surface area (Å²) in [5.41, 5.74) is 5.62. The van der Waals surface area contributed by atoms with Crippen molar-refractivity contribution in [1.82, 2.24) is 15.3 Å². The summed E-state index contributed by atoms with van der Waals surface area (Å²) < 4.78 is 0. The van der Waals surface area contributed by atoms with E-state index in [1.807, 2.05) is 13.8 Å². The van der Waals surface area contributed by atoms with Crippen LogP contribution in [0.4, 0.5) is 5.82 Å². The number of rotatable bonds is 6. The van der Waals surface area contributed by atoms with E-state index in [4.69, 9.17) is 5.73 Å². The number of nitrogens with two attached hydrogens (primary N) is 1. The van der Waals surface area contributed by atoms with Crippen molar-refractivity contribution in [3.05, 3.63) is 12.4 Å².